The molecule has 3 aromatic heterocycles. The van der Waals surface area contributed by atoms with E-state index in [1.807, 2.05) is 36.4 Å². The molecular formula is C39H42ClF3N6O5. The van der Waals surface area contributed by atoms with E-state index >= 15 is 0 Å². The van der Waals surface area contributed by atoms with E-state index < -0.39 is 23.7 Å². The molecule has 1 amide bonds. The first-order valence-corrected chi connectivity index (χ1v) is 18.4. The van der Waals surface area contributed by atoms with Crippen molar-refractivity contribution in [1.29, 1.82) is 0 Å². The maximum atomic E-state index is 14.5. The number of halogens is 4. The Morgan fingerprint density at radius 2 is 1.72 bits per heavy atom. The highest BCUT2D eigenvalue weighted by Gasteiger charge is 2.39. The topological polar surface area (TPSA) is 129 Å². The summed E-state index contributed by atoms with van der Waals surface area (Å²) in [5.74, 6) is -0.0804. The fraction of sp³-hybridized carbons (Fsp3) is 0.436. The zero-order chi connectivity index (χ0) is 37.8. The van der Waals surface area contributed by atoms with E-state index in [1.165, 1.54) is 7.11 Å². The van der Waals surface area contributed by atoms with Crippen molar-refractivity contribution in [2.75, 3.05) is 34.0 Å². The van der Waals surface area contributed by atoms with Crippen LogP contribution in [-0.2, 0) is 35.2 Å². The standard InChI is InChI=1S/C39H42ClF3N6O5/c1-51-36-24(20-46-25-11-14-53-15-12-25)17-31(40)35(48-36)22-10-13-45-32(18-22)28-4-3-5-29-27(28)7-8-33(29)54-38-30(39(41,42)43)16-23(37(49-38)52-2)19-44-21-26-6-9-34(50)47-26/h3-5,10,13,16-18,25-26,33,44,46H,6-9,11-12,14-15,19-21H2,1-2H3,(H,47,50)/t26-,33-/m0/s1. The van der Waals surface area contributed by atoms with Crippen LogP contribution in [0.3, 0.4) is 0 Å². The largest absolute Gasteiger partial charge is 0.481 e. The van der Waals surface area contributed by atoms with Gasteiger partial charge in [0.25, 0.3) is 0 Å². The predicted molar refractivity (Wildman–Crippen MR) is 195 cm³/mol. The molecule has 1 aromatic carbocycles. The van der Waals surface area contributed by atoms with Gasteiger partial charge >= 0.3 is 6.18 Å². The Hall–Kier alpha value is -4.50. The number of ether oxygens (including phenoxy) is 4. The number of methoxy groups -OCH3 is 2. The Balaban J connectivity index is 1.11. The lowest BCUT2D eigenvalue weighted by Crippen LogP contribution is -2.35. The molecule has 7 rings (SSSR count). The molecule has 0 bridgehead atoms. The number of amides is 1. The fourth-order valence-electron chi connectivity index (χ4n) is 7.34. The van der Waals surface area contributed by atoms with Gasteiger partial charge in [-0.05, 0) is 67.5 Å². The second-order valence-corrected chi connectivity index (χ2v) is 14.1. The third kappa shape index (κ3) is 8.41. The Bertz CT molecular complexity index is 1990. The van der Waals surface area contributed by atoms with Gasteiger partial charge in [0.15, 0.2) is 0 Å². The molecule has 3 aliphatic rings. The van der Waals surface area contributed by atoms with Gasteiger partial charge in [0, 0.05) is 79.8 Å². The van der Waals surface area contributed by atoms with Crippen LogP contribution >= 0.6 is 11.6 Å². The molecule has 11 nitrogen and oxygen atoms in total. The van der Waals surface area contributed by atoms with Crippen molar-refractivity contribution < 1.29 is 36.9 Å². The zero-order valence-electron chi connectivity index (χ0n) is 30.0. The minimum absolute atomic E-state index is 0.0291. The van der Waals surface area contributed by atoms with Gasteiger partial charge in [-0.15, -0.1) is 0 Å². The summed E-state index contributed by atoms with van der Waals surface area (Å²) in [5, 5.41) is 9.97. The lowest BCUT2D eigenvalue weighted by Gasteiger charge is -2.23. The summed E-state index contributed by atoms with van der Waals surface area (Å²) in [6.45, 7) is 2.50. The Labute approximate surface area is 316 Å². The smallest absolute Gasteiger partial charge is 0.421 e. The highest BCUT2D eigenvalue weighted by atomic mass is 35.5. The van der Waals surface area contributed by atoms with E-state index in [1.54, 1.807) is 13.3 Å². The molecule has 3 N–H and O–H groups in total. The molecule has 0 unspecified atom stereocenters. The molecule has 15 heteroatoms. The molecule has 0 saturated carbocycles. The normalized spacial score (nSPS) is 18.7. The fourth-order valence-corrected chi connectivity index (χ4v) is 7.62. The number of carbonyl (C=O) groups is 1. The van der Waals surface area contributed by atoms with E-state index in [-0.39, 0.29) is 29.9 Å². The highest BCUT2D eigenvalue weighted by Crippen LogP contribution is 2.44. The van der Waals surface area contributed by atoms with E-state index in [0.717, 1.165) is 59.9 Å². The van der Waals surface area contributed by atoms with Crippen molar-refractivity contribution >= 4 is 17.5 Å². The van der Waals surface area contributed by atoms with E-state index in [2.05, 4.69) is 25.9 Å². The van der Waals surface area contributed by atoms with Crippen LogP contribution in [-0.4, -0.2) is 66.9 Å². The maximum Gasteiger partial charge on any atom is 0.421 e. The summed E-state index contributed by atoms with van der Waals surface area (Å²) in [5.41, 5.74) is 4.57. The van der Waals surface area contributed by atoms with Crippen LogP contribution < -0.4 is 30.2 Å². The van der Waals surface area contributed by atoms with Crippen LogP contribution in [0.15, 0.2) is 48.7 Å². The quantitative estimate of drug-likeness (QED) is 0.137. The highest BCUT2D eigenvalue weighted by molar-refractivity contribution is 6.33. The zero-order valence-corrected chi connectivity index (χ0v) is 30.8. The van der Waals surface area contributed by atoms with Crippen LogP contribution in [0.1, 0.15) is 66.0 Å². The summed E-state index contributed by atoms with van der Waals surface area (Å²) >= 11 is 6.82. The molecule has 2 fully saturated rings. The monoisotopic (exact) mass is 766 g/mol. The van der Waals surface area contributed by atoms with Crippen molar-refractivity contribution in [1.82, 2.24) is 30.9 Å². The first-order valence-electron chi connectivity index (χ1n) is 18.1. The minimum Gasteiger partial charge on any atom is -0.481 e. The average molecular weight is 767 g/mol. The summed E-state index contributed by atoms with van der Waals surface area (Å²) in [6, 6.07) is 12.5. The molecule has 286 valence electrons. The summed E-state index contributed by atoms with van der Waals surface area (Å²) in [6.07, 6.45) is 0.248. The van der Waals surface area contributed by atoms with E-state index in [0.29, 0.717) is 67.1 Å². The number of fused-ring (bicyclic) bond motifs is 1. The summed E-state index contributed by atoms with van der Waals surface area (Å²) in [7, 11) is 2.94. The van der Waals surface area contributed by atoms with E-state index in [4.69, 9.17) is 35.5 Å². The van der Waals surface area contributed by atoms with Crippen molar-refractivity contribution in [3.63, 3.8) is 0 Å². The number of nitrogens with one attached hydrogen (secondary N) is 3. The molecule has 2 saturated heterocycles. The maximum absolute atomic E-state index is 14.5. The Morgan fingerprint density at radius 1 is 0.944 bits per heavy atom. The van der Waals surface area contributed by atoms with Crippen molar-refractivity contribution in [3.05, 3.63) is 81.5 Å². The Kier molecular flexibility index (Phi) is 11.5. The van der Waals surface area contributed by atoms with Gasteiger partial charge in [-0.1, -0.05) is 29.8 Å². The number of carbonyl (C=O) groups excluding carboxylic acids is 1. The third-order valence-electron chi connectivity index (χ3n) is 10.1. The number of pyridine rings is 3. The Morgan fingerprint density at radius 3 is 2.46 bits per heavy atom. The van der Waals surface area contributed by atoms with Gasteiger partial charge in [0.2, 0.25) is 23.5 Å². The number of benzene rings is 1. The number of alkyl halides is 3. The lowest BCUT2D eigenvalue weighted by atomic mass is 9.98. The first kappa shape index (κ1) is 37.8. The molecule has 54 heavy (non-hydrogen) atoms. The van der Waals surface area contributed by atoms with Crippen LogP contribution in [0.4, 0.5) is 13.2 Å². The molecule has 0 radical (unpaired) electrons. The summed E-state index contributed by atoms with van der Waals surface area (Å²) in [4.78, 5) is 25.2. The number of nitrogens with zero attached hydrogens (tertiary/aromatic N) is 3. The van der Waals surface area contributed by atoms with Crippen LogP contribution in [0.25, 0.3) is 22.5 Å². The van der Waals surface area contributed by atoms with Crippen molar-refractivity contribution in [2.45, 2.75) is 76.0 Å². The van der Waals surface area contributed by atoms with Crippen molar-refractivity contribution in [3.8, 4) is 40.2 Å². The number of hydrogen-bond acceptors (Lipinski definition) is 10. The molecule has 2 aliphatic heterocycles. The molecule has 4 aromatic rings. The average Bonchev–Trinajstić information content (AvgIpc) is 3.79. The van der Waals surface area contributed by atoms with Gasteiger partial charge in [-0.3, -0.25) is 9.78 Å². The number of aromatic nitrogens is 3. The van der Waals surface area contributed by atoms with Crippen LogP contribution in [0, 0.1) is 0 Å². The first-order chi connectivity index (χ1) is 26.1. The second kappa shape index (κ2) is 16.5. The SMILES string of the molecule is COc1nc(O[C@H]2CCc3c(-c4cc(-c5nc(OC)c(CNC6CCOCC6)cc5Cl)ccn4)cccc32)c(C(F)(F)F)cc1CNC[C@@H]1CCC(=O)N1. The molecule has 5 heterocycles. The van der Waals surface area contributed by atoms with Crippen molar-refractivity contribution in [2.24, 2.45) is 0 Å². The molecule has 2 atom stereocenters. The molecular weight excluding hydrogens is 725 g/mol. The predicted octanol–water partition coefficient (Wildman–Crippen LogP) is 6.60. The third-order valence-corrected chi connectivity index (χ3v) is 10.4. The van der Waals surface area contributed by atoms with Crippen LogP contribution in [0.2, 0.25) is 5.02 Å². The van der Waals surface area contributed by atoms with Crippen LogP contribution in [0.5, 0.6) is 17.6 Å². The van der Waals surface area contributed by atoms with Gasteiger partial charge in [-0.2, -0.15) is 18.2 Å². The van der Waals surface area contributed by atoms with Gasteiger partial charge in [-0.25, -0.2) is 4.98 Å². The molecule has 0 spiro atoms. The van der Waals surface area contributed by atoms with Gasteiger partial charge in [0.1, 0.15) is 11.7 Å². The number of hydrogen-bond donors (Lipinski definition) is 3. The second-order valence-electron chi connectivity index (χ2n) is 13.6. The number of rotatable bonds is 13. The van der Waals surface area contributed by atoms with Gasteiger partial charge < -0.3 is 34.9 Å². The van der Waals surface area contributed by atoms with E-state index in [9.17, 15) is 18.0 Å². The minimum atomic E-state index is -4.73. The van der Waals surface area contributed by atoms with Gasteiger partial charge in [0.05, 0.1) is 30.6 Å². The lowest BCUT2D eigenvalue weighted by molar-refractivity contribution is -0.139. The molecule has 1 aliphatic carbocycles. The summed E-state index contributed by atoms with van der Waals surface area (Å²) < 4.78 is 66.0.